The standard InChI is InChI=1S/C7H13.ClH.Mg/c1-7-5-3-2-4-6-7;;/h2-6H2,1H3;1H;/q;;+1/p-1. The molecule has 0 bridgehead atoms. The summed E-state index contributed by atoms with van der Waals surface area (Å²) in [5.41, 5.74) is 0. The van der Waals surface area contributed by atoms with Gasteiger partial charge in [0, 0.05) is 0 Å². The largest absolute Gasteiger partial charge is 0.507 e. The molecule has 0 aromatic rings. The first-order valence-corrected chi connectivity index (χ1v) is 6.67. The molecule has 0 spiro atoms. The van der Waals surface area contributed by atoms with Gasteiger partial charge in [0.25, 0.3) is 0 Å². The maximum atomic E-state index is 5.96. The van der Waals surface area contributed by atoms with Crippen molar-refractivity contribution in [2.75, 3.05) is 0 Å². The summed E-state index contributed by atoms with van der Waals surface area (Å²) < 4.78 is 0.625. The van der Waals surface area contributed by atoms with Gasteiger partial charge in [-0.25, -0.2) is 0 Å². The van der Waals surface area contributed by atoms with Gasteiger partial charge in [-0.15, -0.1) is 3.54 Å². The van der Waals surface area contributed by atoms with Crippen molar-refractivity contribution in [3.05, 3.63) is 0 Å². The van der Waals surface area contributed by atoms with Crippen LogP contribution >= 0.6 is 9.07 Å². The second-order valence-corrected chi connectivity index (χ2v) is 6.28. The van der Waals surface area contributed by atoms with Crippen LogP contribution in [0.15, 0.2) is 0 Å². The summed E-state index contributed by atoms with van der Waals surface area (Å²) >= 11 is -0.256. The van der Waals surface area contributed by atoms with E-state index < -0.39 is 0 Å². The molecule has 1 rings (SSSR count). The van der Waals surface area contributed by atoms with Crippen LogP contribution in [0.5, 0.6) is 0 Å². The first kappa shape index (κ1) is 8.16. The van der Waals surface area contributed by atoms with Gasteiger partial charge in [0.05, 0.1) is 0 Å². The highest BCUT2D eigenvalue weighted by Gasteiger charge is 2.27. The van der Waals surface area contributed by atoms with Crippen LogP contribution in [0.4, 0.5) is 0 Å². The van der Waals surface area contributed by atoms with E-state index in [-0.39, 0.29) is 19.3 Å². The SMILES string of the molecule is C[C]1([Mg][Cl])CCCCC1. The lowest BCUT2D eigenvalue weighted by Gasteiger charge is -2.31. The lowest BCUT2D eigenvalue weighted by atomic mass is 9.89. The van der Waals surface area contributed by atoms with E-state index in [9.17, 15) is 0 Å². The lowest BCUT2D eigenvalue weighted by molar-refractivity contribution is 0.402. The Morgan fingerprint density at radius 1 is 1.22 bits per heavy atom. The minimum atomic E-state index is -0.256. The van der Waals surface area contributed by atoms with Gasteiger partial charge < -0.3 is 9.07 Å². The fourth-order valence-corrected chi connectivity index (χ4v) is 3.11. The van der Waals surface area contributed by atoms with Crippen molar-refractivity contribution in [2.45, 2.75) is 42.6 Å². The summed E-state index contributed by atoms with van der Waals surface area (Å²) in [6, 6.07) is 0. The molecule has 0 nitrogen and oxygen atoms in total. The van der Waals surface area contributed by atoms with Crippen LogP contribution in [0.3, 0.4) is 0 Å². The van der Waals surface area contributed by atoms with Gasteiger partial charge in [-0.05, 0) is 0 Å². The quantitative estimate of drug-likeness (QED) is 0.513. The topological polar surface area (TPSA) is 0 Å². The van der Waals surface area contributed by atoms with E-state index in [1.54, 1.807) is 0 Å². The Morgan fingerprint density at radius 2 is 1.78 bits per heavy atom. The molecular formula is C7H13ClMg. The van der Waals surface area contributed by atoms with Crippen LogP contribution in [0, 0.1) is 0 Å². The van der Waals surface area contributed by atoms with E-state index in [1.807, 2.05) is 0 Å². The molecule has 1 aliphatic rings. The highest BCUT2D eigenvalue weighted by atomic mass is 35.5. The highest BCUT2D eigenvalue weighted by Crippen LogP contribution is 2.41. The lowest BCUT2D eigenvalue weighted by Crippen LogP contribution is -2.16. The smallest absolute Gasteiger partial charge is 0.345 e. The van der Waals surface area contributed by atoms with Crippen molar-refractivity contribution in [1.29, 1.82) is 0 Å². The highest BCUT2D eigenvalue weighted by molar-refractivity contribution is 6.95. The van der Waals surface area contributed by atoms with Crippen LogP contribution in [-0.4, -0.2) is 19.3 Å². The van der Waals surface area contributed by atoms with Crippen LogP contribution < -0.4 is 0 Å². The summed E-state index contributed by atoms with van der Waals surface area (Å²) in [6.07, 6.45) is 7.11. The first-order valence-electron chi connectivity index (χ1n) is 3.83. The molecule has 1 saturated carbocycles. The average molecular weight is 157 g/mol. The molecule has 0 aliphatic heterocycles. The molecule has 2 heteroatoms. The molecule has 9 heavy (non-hydrogen) atoms. The Bertz CT molecular complexity index is 86.9. The molecule has 0 radical (unpaired) electrons. The minimum absolute atomic E-state index is 0.256. The summed E-state index contributed by atoms with van der Waals surface area (Å²) in [7, 11) is 5.96. The van der Waals surface area contributed by atoms with Crippen molar-refractivity contribution in [1.82, 2.24) is 0 Å². The zero-order chi connectivity index (χ0) is 6.74. The van der Waals surface area contributed by atoms with Crippen LogP contribution in [0.25, 0.3) is 0 Å². The number of hydrogen-bond acceptors (Lipinski definition) is 0. The van der Waals surface area contributed by atoms with E-state index >= 15 is 0 Å². The van der Waals surface area contributed by atoms with Crippen LogP contribution in [0.1, 0.15) is 39.0 Å². The molecule has 0 atom stereocenters. The summed E-state index contributed by atoms with van der Waals surface area (Å²) in [4.78, 5) is 0. The van der Waals surface area contributed by atoms with Crippen LogP contribution in [0.2, 0.25) is 3.54 Å². The van der Waals surface area contributed by atoms with E-state index in [0.29, 0.717) is 3.54 Å². The zero-order valence-corrected chi connectivity index (χ0v) is 8.29. The number of hydrogen-bond donors (Lipinski definition) is 0. The van der Waals surface area contributed by atoms with Gasteiger partial charge in [-0.1, -0.05) is 39.0 Å². The van der Waals surface area contributed by atoms with Gasteiger partial charge in [-0.3, -0.25) is 0 Å². The normalized spacial score (nSPS) is 25.1. The molecule has 0 saturated heterocycles. The molecule has 0 heterocycles. The average Bonchev–Trinajstić information content (AvgIpc) is 1.90. The van der Waals surface area contributed by atoms with Crippen LogP contribution in [-0.2, 0) is 0 Å². The van der Waals surface area contributed by atoms with Gasteiger partial charge >= 0.3 is 19.3 Å². The molecule has 0 aromatic carbocycles. The fraction of sp³-hybridized carbons (Fsp3) is 1.00. The van der Waals surface area contributed by atoms with E-state index in [2.05, 4.69) is 6.92 Å². The maximum Gasteiger partial charge on any atom is 0.507 e. The fourth-order valence-electron chi connectivity index (χ4n) is 1.54. The van der Waals surface area contributed by atoms with E-state index in [0.717, 1.165) is 0 Å². The molecular weight excluding hydrogens is 144 g/mol. The van der Waals surface area contributed by atoms with Crippen molar-refractivity contribution in [2.24, 2.45) is 0 Å². The molecule has 1 aliphatic carbocycles. The van der Waals surface area contributed by atoms with E-state index in [1.165, 1.54) is 32.1 Å². The predicted molar refractivity (Wildman–Crippen MR) is 43.1 cm³/mol. The molecule has 50 valence electrons. The zero-order valence-electron chi connectivity index (χ0n) is 6.12. The molecule has 0 amide bonds. The van der Waals surface area contributed by atoms with E-state index in [4.69, 9.17) is 9.07 Å². The summed E-state index contributed by atoms with van der Waals surface area (Å²) in [5.74, 6) is 0. The molecule has 0 unspecified atom stereocenters. The van der Waals surface area contributed by atoms with Crippen molar-refractivity contribution >= 4 is 28.3 Å². The van der Waals surface area contributed by atoms with Gasteiger partial charge in [0.1, 0.15) is 0 Å². The Kier molecular flexibility index (Phi) is 3.12. The predicted octanol–water partition coefficient (Wildman–Crippen LogP) is 2.99. The third-order valence-electron chi connectivity index (χ3n) is 2.38. The van der Waals surface area contributed by atoms with Gasteiger partial charge in [0.2, 0.25) is 0 Å². The Morgan fingerprint density at radius 3 is 2.11 bits per heavy atom. The van der Waals surface area contributed by atoms with Gasteiger partial charge in [0.15, 0.2) is 0 Å². The first-order chi connectivity index (χ1) is 4.27. The van der Waals surface area contributed by atoms with Crippen molar-refractivity contribution in [3.8, 4) is 0 Å². The second-order valence-electron chi connectivity index (χ2n) is 3.50. The van der Waals surface area contributed by atoms with Gasteiger partial charge in [-0.2, -0.15) is 0 Å². The molecule has 0 aromatic heterocycles. The third-order valence-corrected chi connectivity index (χ3v) is 5.67. The Labute approximate surface area is 70.8 Å². The molecule has 0 N–H and O–H groups in total. The Balaban J connectivity index is 2.37. The molecule has 1 fully saturated rings. The summed E-state index contributed by atoms with van der Waals surface area (Å²) in [5, 5.41) is 0. The minimum Gasteiger partial charge on any atom is -0.345 e. The third kappa shape index (κ3) is 2.28. The second kappa shape index (κ2) is 3.45. The monoisotopic (exact) mass is 156 g/mol. The summed E-state index contributed by atoms with van der Waals surface area (Å²) in [6.45, 7) is 2.37. The maximum absolute atomic E-state index is 5.96. The van der Waals surface area contributed by atoms with Crippen molar-refractivity contribution < 1.29 is 0 Å². The number of halogens is 1. The van der Waals surface area contributed by atoms with Crippen molar-refractivity contribution in [3.63, 3.8) is 0 Å². The number of rotatable bonds is 1. The Hall–Kier alpha value is 1.06.